The molecule has 0 radical (unpaired) electrons. The lowest BCUT2D eigenvalue weighted by Gasteiger charge is -2.25. The van der Waals surface area contributed by atoms with E-state index in [2.05, 4.69) is 4.99 Å². The summed E-state index contributed by atoms with van der Waals surface area (Å²) in [7, 11) is 3.36. The summed E-state index contributed by atoms with van der Waals surface area (Å²) in [6.07, 6.45) is 3.66. The Hall–Kier alpha value is -2.86. The molecular formula is C22H23ClN4O2. The molecule has 1 aliphatic heterocycles. The van der Waals surface area contributed by atoms with E-state index in [9.17, 15) is 9.59 Å². The number of pyridine rings is 1. The first-order valence-corrected chi connectivity index (χ1v) is 9.94. The average Bonchev–Trinajstić information content (AvgIpc) is 3.49. The van der Waals surface area contributed by atoms with Gasteiger partial charge in [-0.2, -0.15) is 0 Å². The van der Waals surface area contributed by atoms with Crippen LogP contribution in [-0.4, -0.2) is 23.2 Å². The van der Waals surface area contributed by atoms with Crippen molar-refractivity contribution in [2.45, 2.75) is 25.8 Å². The van der Waals surface area contributed by atoms with Crippen LogP contribution in [0.15, 0.2) is 57.6 Å². The molecule has 2 N–H and O–H groups in total. The number of aryl methyl sites for hydroxylation is 2. The van der Waals surface area contributed by atoms with Gasteiger partial charge in [-0.15, -0.1) is 0 Å². The Balaban J connectivity index is 1.95. The summed E-state index contributed by atoms with van der Waals surface area (Å²) in [4.78, 5) is 32.0. The summed E-state index contributed by atoms with van der Waals surface area (Å²) < 4.78 is 1.49. The first-order valence-electron chi connectivity index (χ1n) is 9.56. The predicted octanol–water partition coefficient (Wildman–Crippen LogP) is 3.13. The largest absolute Gasteiger partial charge is 0.401 e. The van der Waals surface area contributed by atoms with Crippen molar-refractivity contribution in [1.82, 2.24) is 4.57 Å². The average molecular weight is 411 g/mol. The SMILES string of the molecule is CN=C1C(=C(N)C2CC2)C(=O)N(c2cc(C)c(=O)n(C)c2)C1c1ccc(Cl)cc1. The second-order valence-electron chi connectivity index (χ2n) is 7.64. The van der Waals surface area contributed by atoms with Crippen molar-refractivity contribution in [3.8, 4) is 0 Å². The Morgan fingerprint density at radius 3 is 2.41 bits per heavy atom. The number of carbonyl (C=O) groups is 1. The summed E-state index contributed by atoms with van der Waals surface area (Å²) >= 11 is 6.08. The van der Waals surface area contributed by atoms with E-state index in [0.717, 1.165) is 18.4 Å². The molecule has 29 heavy (non-hydrogen) atoms. The maximum atomic E-state index is 13.6. The molecule has 2 heterocycles. The molecule has 2 aliphatic rings. The van der Waals surface area contributed by atoms with Crippen LogP contribution in [0.4, 0.5) is 5.69 Å². The van der Waals surface area contributed by atoms with E-state index < -0.39 is 6.04 Å². The number of nitrogens with zero attached hydrogens (tertiary/aromatic N) is 3. The van der Waals surface area contributed by atoms with Gasteiger partial charge >= 0.3 is 0 Å². The van der Waals surface area contributed by atoms with Crippen LogP contribution in [0, 0.1) is 12.8 Å². The molecule has 1 unspecified atom stereocenters. The molecule has 1 atom stereocenters. The van der Waals surface area contributed by atoms with Crippen LogP contribution in [0.1, 0.15) is 30.0 Å². The standard InChI is InChI=1S/C22H23ClN4O2/c1-12-10-16(11-26(3)21(12)28)27-20(14-6-8-15(23)9-7-14)19(25-2)17(22(27)29)18(24)13-4-5-13/h6-11,13,20H,4-5,24H2,1-3H3. The highest BCUT2D eigenvalue weighted by atomic mass is 35.5. The van der Waals surface area contributed by atoms with Crippen LogP contribution in [0.2, 0.25) is 5.02 Å². The van der Waals surface area contributed by atoms with Gasteiger partial charge in [0.15, 0.2) is 0 Å². The molecule has 1 amide bonds. The van der Waals surface area contributed by atoms with Crippen molar-refractivity contribution < 1.29 is 4.79 Å². The lowest BCUT2D eigenvalue weighted by atomic mass is 9.98. The van der Waals surface area contributed by atoms with E-state index >= 15 is 0 Å². The molecule has 7 heteroatoms. The van der Waals surface area contributed by atoms with Gasteiger partial charge in [0, 0.05) is 36.6 Å². The second-order valence-corrected chi connectivity index (χ2v) is 8.08. The van der Waals surface area contributed by atoms with Crippen molar-refractivity contribution in [1.29, 1.82) is 0 Å². The van der Waals surface area contributed by atoms with Crippen LogP contribution in [0.5, 0.6) is 0 Å². The Morgan fingerprint density at radius 2 is 1.86 bits per heavy atom. The van der Waals surface area contributed by atoms with Crippen molar-refractivity contribution in [2.24, 2.45) is 23.7 Å². The number of aromatic nitrogens is 1. The summed E-state index contributed by atoms with van der Waals surface area (Å²) in [5.41, 5.74) is 10.1. The topological polar surface area (TPSA) is 80.7 Å². The molecule has 1 aromatic carbocycles. The predicted molar refractivity (Wildman–Crippen MR) is 115 cm³/mol. The molecule has 1 aliphatic carbocycles. The number of amides is 1. The van der Waals surface area contributed by atoms with E-state index in [0.29, 0.717) is 33.3 Å². The van der Waals surface area contributed by atoms with Gasteiger partial charge < -0.3 is 10.3 Å². The van der Waals surface area contributed by atoms with Crippen LogP contribution < -0.4 is 16.2 Å². The summed E-state index contributed by atoms with van der Waals surface area (Å²) in [6, 6.07) is 8.68. The minimum Gasteiger partial charge on any atom is -0.401 e. The monoisotopic (exact) mass is 410 g/mol. The minimum atomic E-state index is -0.436. The first kappa shape index (κ1) is 19.5. The van der Waals surface area contributed by atoms with Crippen LogP contribution in [0.3, 0.4) is 0 Å². The maximum Gasteiger partial charge on any atom is 0.262 e. The van der Waals surface area contributed by atoms with Crippen molar-refractivity contribution >= 4 is 28.9 Å². The molecule has 2 fully saturated rings. The maximum absolute atomic E-state index is 13.6. The first-order chi connectivity index (χ1) is 13.8. The highest BCUT2D eigenvalue weighted by Gasteiger charge is 2.46. The van der Waals surface area contributed by atoms with Crippen molar-refractivity contribution in [2.75, 3.05) is 11.9 Å². The quantitative estimate of drug-likeness (QED) is 0.789. The number of nitrogens with two attached hydrogens (primary N) is 1. The molecule has 0 spiro atoms. The van der Waals surface area contributed by atoms with E-state index in [4.69, 9.17) is 17.3 Å². The van der Waals surface area contributed by atoms with Crippen LogP contribution >= 0.6 is 11.6 Å². The number of anilines is 1. The van der Waals surface area contributed by atoms with Crippen LogP contribution in [0.25, 0.3) is 0 Å². The smallest absolute Gasteiger partial charge is 0.262 e. The van der Waals surface area contributed by atoms with Gasteiger partial charge in [0.1, 0.15) is 6.04 Å². The fourth-order valence-electron chi connectivity index (χ4n) is 3.92. The van der Waals surface area contributed by atoms with Crippen molar-refractivity contribution in [3.05, 3.63) is 74.3 Å². The normalized spacial score (nSPS) is 22.5. The van der Waals surface area contributed by atoms with Gasteiger partial charge in [0.25, 0.3) is 11.5 Å². The number of halogens is 1. The number of aliphatic imine (C=N–C) groups is 1. The highest BCUT2D eigenvalue weighted by molar-refractivity contribution is 6.35. The number of hydrogen-bond acceptors (Lipinski definition) is 4. The Morgan fingerprint density at radius 1 is 1.21 bits per heavy atom. The van der Waals surface area contributed by atoms with Gasteiger partial charge in [-0.1, -0.05) is 23.7 Å². The minimum absolute atomic E-state index is 0.0962. The number of carbonyl (C=O) groups excluding carboxylic acids is 1. The molecule has 6 nitrogen and oxygen atoms in total. The molecule has 1 saturated heterocycles. The lowest BCUT2D eigenvalue weighted by Crippen LogP contribution is -2.31. The molecule has 2 aromatic rings. The van der Waals surface area contributed by atoms with E-state index in [-0.39, 0.29) is 17.4 Å². The molecule has 0 bridgehead atoms. The van der Waals surface area contributed by atoms with E-state index in [1.807, 2.05) is 12.1 Å². The van der Waals surface area contributed by atoms with E-state index in [1.54, 1.807) is 50.3 Å². The molecular weight excluding hydrogens is 388 g/mol. The summed E-state index contributed by atoms with van der Waals surface area (Å²) in [6.45, 7) is 1.74. The third kappa shape index (κ3) is 3.27. The molecule has 1 aromatic heterocycles. The fourth-order valence-corrected chi connectivity index (χ4v) is 4.04. The Bertz CT molecular complexity index is 1080. The zero-order valence-corrected chi connectivity index (χ0v) is 17.4. The lowest BCUT2D eigenvalue weighted by molar-refractivity contribution is -0.114. The number of benzene rings is 1. The zero-order chi connectivity index (χ0) is 20.9. The van der Waals surface area contributed by atoms with Gasteiger partial charge in [-0.25, -0.2) is 0 Å². The van der Waals surface area contributed by atoms with Gasteiger partial charge in [0.2, 0.25) is 0 Å². The summed E-state index contributed by atoms with van der Waals surface area (Å²) in [5, 5.41) is 0.617. The molecule has 4 rings (SSSR count). The Kier molecular flexibility index (Phi) is 4.82. The van der Waals surface area contributed by atoms with E-state index in [1.165, 1.54) is 4.57 Å². The third-order valence-corrected chi connectivity index (χ3v) is 5.82. The number of allylic oxidation sites excluding steroid dienone is 1. The zero-order valence-electron chi connectivity index (χ0n) is 16.6. The second kappa shape index (κ2) is 7.19. The van der Waals surface area contributed by atoms with Gasteiger partial charge in [-0.05, 0) is 49.4 Å². The fraction of sp³-hybridized carbons (Fsp3) is 0.318. The molecule has 150 valence electrons. The summed E-state index contributed by atoms with van der Waals surface area (Å²) in [5.74, 6) is 0.0476. The number of rotatable bonds is 3. The van der Waals surface area contributed by atoms with Gasteiger partial charge in [0.05, 0.1) is 17.0 Å². The van der Waals surface area contributed by atoms with Gasteiger partial charge in [-0.3, -0.25) is 19.5 Å². The van der Waals surface area contributed by atoms with Crippen molar-refractivity contribution in [3.63, 3.8) is 0 Å². The molecule has 1 saturated carbocycles. The number of hydrogen-bond donors (Lipinski definition) is 1. The third-order valence-electron chi connectivity index (χ3n) is 5.56. The Labute approximate surface area is 174 Å². The highest BCUT2D eigenvalue weighted by Crippen LogP contribution is 2.43. The van der Waals surface area contributed by atoms with Crippen LogP contribution in [-0.2, 0) is 11.8 Å².